The molecule has 17 heavy (non-hydrogen) atoms. The van der Waals surface area contributed by atoms with E-state index in [0.29, 0.717) is 0 Å². The number of nitrogen functional groups attached to an aromatic ring is 1. The Morgan fingerprint density at radius 2 is 2.29 bits per heavy atom. The normalized spacial score (nSPS) is 17.2. The van der Waals surface area contributed by atoms with Gasteiger partial charge in [0.1, 0.15) is 6.33 Å². The van der Waals surface area contributed by atoms with Crippen LogP contribution in [-0.2, 0) is 0 Å². The number of nitrogens with two attached hydrogens (primary N) is 1. The number of rotatable bonds is 4. The van der Waals surface area contributed by atoms with Gasteiger partial charge in [-0.1, -0.05) is 0 Å². The van der Waals surface area contributed by atoms with E-state index in [0.717, 1.165) is 25.6 Å². The average molecular weight is 239 g/mol. The van der Waals surface area contributed by atoms with Gasteiger partial charge in [-0.2, -0.15) is 0 Å². The van der Waals surface area contributed by atoms with Gasteiger partial charge >= 0.3 is 5.69 Å². The Morgan fingerprint density at radius 1 is 1.59 bits per heavy atom. The molecule has 4 N–H and O–H groups in total. The number of hydrogen-bond donors (Lipinski definition) is 3. The van der Waals surface area contributed by atoms with Crippen molar-refractivity contribution in [1.29, 1.82) is 0 Å². The summed E-state index contributed by atoms with van der Waals surface area (Å²) in [5.41, 5.74) is 4.60. The van der Waals surface area contributed by atoms with Crippen molar-refractivity contribution >= 4 is 17.3 Å². The predicted octanol–water partition coefficient (Wildman–Crippen LogP) is 0.294. The van der Waals surface area contributed by atoms with Crippen LogP contribution in [0, 0.1) is 10.1 Å². The summed E-state index contributed by atoms with van der Waals surface area (Å²) in [5, 5.41) is 23.1. The molecule has 0 aromatic carbocycles. The van der Waals surface area contributed by atoms with E-state index in [1.807, 2.05) is 0 Å². The maximum atomic E-state index is 10.9. The van der Waals surface area contributed by atoms with Crippen LogP contribution in [0.25, 0.3) is 0 Å². The molecule has 0 aliphatic heterocycles. The minimum Gasteiger partial charge on any atom is -0.394 e. The van der Waals surface area contributed by atoms with Gasteiger partial charge in [0.25, 0.3) is 0 Å². The highest BCUT2D eigenvalue weighted by molar-refractivity contribution is 5.68. The lowest BCUT2D eigenvalue weighted by Gasteiger charge is -2.41. The maximum Gasteiger partial charge on any atom is 0.353 e. The van der Waals surface area contributed by atoms with Crippen LogP contribution >= 0.6 is 0 Å². The van der Waals surface area contributed by atoms with Crippen molar-refractivity contribution in [2.45, 2.75) is 24.8 Å². The first-order valence-electron chi connectivity index (χ1n) is 5.22. The largest absolute Gasteiger partial charge is 0.394 e. The summed E-state index contributed by atoms with van der Waals surface area (Å²) >= 11 is 0. The van der Waals surface area contributed by atoms with Gasteiger partial charge in [-0.05, 0) is 19.3 Å². The second-order valence-corrected chi connectivity index (χ2v) is 4.13. The third-order valence-electron chi connectivity index (χ3n) is 3.03. The summed E-state index contributed by atoms with van der Waals surface area (Å²) in [6.45, 7) is -0.0892. The zero-order valence-electron chi connectivity index (χ0n) is 9.09. The summed E-state index contributed by atoms with van der Waals surface area (Å²) in [6.07, 6.45) is 3.64. The van der Waals surface area contributed by atoms with E-state index in [2.05, 4.69) is 15.3 Å². The predicted molar refractivity (Wildman–Crippen MR) is 60.4 cm³/mol. The van der Waals surface area contributed by atoms with Gasteiger partial charge in [-0.15, -0.1) is 0 Å². The number of aliphatic hydroxyl groups is 1. The maximum absolute atomic E-state index is 10.9. The fourth-order valence-corrected chi connectivity index (χ4v) is 1.84. The van der Waals surface area contributed by atoms with Crippen molar-refractivity contribution in [2.24, 2.45) is 0 Å². The number of hydrogen-bond acceptors (Lipinski definition) is 7. The quantitative estimate of drug-likeness (QED) is 0.509. The van der Waals surface area contributed by atoms with Crippen LogP contribution in [0.3, 0.4) is 0 Å². The standard InChI is InChI=1S/C9H13N5O3/c10-7-6(14(16)17)8(12-5-11-7)13-9(4-15)2-1-3-9/h5,15H,1-4H2,(H3,10,11,12,13). The van der Waals surface area contributed by atoms with Crippen molar-refractivity contribution in [1.82, 2.24) is 9.97 Å². The molecule has 1 aliphatic rings. The van der Waals surface area contributed by atoms with Crippen molar-refractivity contribution in [3.8, 4) is 0 Å². The van der Waals surface area contributed by atoms with Crippen molar-refractivity contribution in [3.05, 3.63) is 16.4 Å². The smallest absolute Gasteiger partial charge is 0.353 e. The minimum absolute atomic E-state index is 0.0660. The van der Waals surface area contributed by atoms with Crippen LogP contribution in [0.2, 0.25) is 0 Å². The second kappa shape index (κ2) is 4.13. The molecule has 1 saturated carbocycles. The summed E-state index contributed by atoms with van der Waals surface area (Å²) < 4.78 is 0. The molecule has 1 aromatic heterocycles. The molecule has 0 unspecified atom stereocenters. The molecule has 0 radical (unpaired) electrons. The van der Waals surface area contributed by atoms with Crippen LogP contribution in [0.4, 0.5) is 17.3 Å². The molecule has 8 nitrogen and oxygen atoms in total. The summed E-state index contributed by atoms with van der Waals surface area (Å²) in [7, 11) is 0. The first kappa shape index (κ1) is 11.5. The van der Waals surface area contributed by atoms with E-state index in [-0.39, 0.29) is 23.9 Å². The second-order valence-electron chi connectivity index (χ2n) is 4.13. The monoisotopic (exact) mass is 239 g/mol. The molecule has 8 heteroatoms. The Morgan fingerprint density at radius 3 is 2.76 bits per heavy atom. The lowest BCUT2D eigenvalue weighted by atomic mass is 9.77. The van der Waals surface area contributed by atoms with Crippen molar-refractivity contribution in [2.75, 3.05) is 17.7 Å². The number of anilines is 2. The Hall–Kier alpha value is -1.96. The first-order chi connectivity index (χ1) is 8.08. The molecule has 2 rings (SSSR count). The highest BCUT2D eigenvalue weighted by Gasteiger charge is 2.38. The zero-order valence-corrected chi connectivity index (χ0v) is 9.09. The molecule has 0 spiro atoms. The van der Waals surface area contributed by atoms with Gasteiger partial charge in [0.05, 0.1) is 17.1 Å². The summed E-state index contributed by atoms with van der Waals surface area (Å²) in [5.74, 6) is -0.115. The Bertz CT molecular complexity index is 441. The van der Waals surface area contributed by atoms with E-state index in [4.69, 9.17) is 5.73 Å². The van der Waals surface area contributed by atoms with Gasteiger partial charge in [0.15, 0.2) is 0 Å². The first-order valence-corrected chi connectivity index (χ1v) is 5.22. The molecule has 1 aliphatic carbocycles. The fraction of sp³-hybridized carbons (Fsp3) is 0.556. The number of nitrogens with zero attached hydrogens (tertiary/aromatic N) is 3. The lowest BCUT2D eigenvalue weighted by Crippen LogP contribution is -2.48. The Labute approximate surface area is 97.0 Å². The van der Waals surface area contributed by atoms with E-state index in [1.165, 1.54) is 0 Å². The molecular weight excluding hydrogens is 226 g/mol. The Kier molecular flexibility index (Phi) is 2.80. The average Bonchev–Trinajstić information content (AvgIpc) is 2.23. The van der Waals surface area contributed by atoms with E-state index in [1.54, 1.807) is 0 Å². The highest BCUT2D eigenvalue weighted by atomic mass is 16.6. The van der Waals surface area contributed by atoms with E-state index >= 15 is 0 Å². The molecular formula is C9H13N5O3. The molecule has 0 saturated heterocycles. The van der Waals surface area contributed by atoms with Crippen molar-refractivity contribution < 1.29 is 10.0 Å². The third-order valence-corrected chi connectivity index (χ3v) is 3.03. The van der Waals surface area contributed by atoms with Gasteiger partial charge in [0.2, 0.25) is 11.6 Å². The number of nitrogens with one attached hydrogen (secondary N) is 1. The molecule has 0 atom stereocenters. The van der Waals surface area contributed by atoms with E-state index in [9.17, 15) is 15.2 Å². The SMILES string of the molecule is Nc1ncnc(NC2(CO)CCC2)c1[N+](=O)[O-]. The number of aliphatic hydroxyl groups excluding tert-OH is 1. The molecule has 1 fully saturated rings. The molecule has 0 bridgehead atoms. The minimum atomic E-state index is -0.624. The van der Waals surface area contributed by atoms with E-state index < -0.39 is 10.5 Å². The topological polar surface area (TPSA) is 127 Å². The Balaban J connectivity index is 2.32. The van der Waals surface area contributed by atoms with Crippen LogP contribution in [-0.4, -0.2) is 32.1 Å². The van der Waals surface area contributed by atoms with Crippen LogP contribution in [0.1, 0.15) is 19.3 Å². The van der Waals surface area contributed by atoms with Crippen LogP contribution in [0.15, 0.2) is 6.33 Å². The molecule has 92 valence electrons. The van der Waals surface area contributed by atoms with Gasteiger partial charge in [0, 0.05) is 0 Å². The van der Waals surface area contributed by atoms with Crippen LogP contribution < -0.4 is 11.1 Å². The van der Waals surface area contributed by atoms with Gasteiger partial charge in [-0.25, -0.2) is 9.97 Å². The zero-order chi connectivity index (χ0) is 12.5. The van der Waals surface area contributed by atoms with Gasteiger partial charge < -0.3 is 16.2 Å². The fourth-order valence-electron chi connectivity index (χ4n) is 1.84. The number of nitro groups is 1. The van der Waals surface area contributed by atoms with Crippen molar-refractivity contribution in [3.63, 3.8) is 0 Å². The summed E-state index contributed by atoms with van der Waals surface area (Å²) in [4.78, 5) is 17.6. The molecule has 0 amide bonds. The highest BCUT2D eigenvalue weighted by Crippen LogP contribution is 2.37. The third kappa shape index (κ3) is 1.98. The van der Waals surface area contributed by atoms with Crippen LogP contribution in [0.5, 0.6) is 0 Å². The molecule has 1 heterocycles. The molecule has 1 aromatic rings. The summed E-state index contributed by atoms with van der Waals surface area (Å²) in [6, 6.07) is 0. The number of aromatic nitrogens is 2. The van der Waals surface area contributed by atoms with Gasteiger partial charge in [-0.3, -0.25) is 10.1 Å². The lowest BCUT2D eigenvalue weighted by molar-refractivity contribution is -0.383.